The number of halogens is 1. The number of anilines is 1. The van der Waals surface area contributed by atoms with Gasteiger partial charge in [0.1, 0.15) is 5.82 Å². The number of carbonyl (C=O) groups is 2. The van der Waals surface area contributed by atoms with Crippen molar-refractivity contribution in [1.29, 1.82) is 0 Å². The first kappa shape index (κ1) is 19.5. The predicted octanol–water partition coefficient (Wildman–Crippen LogP) is 3.51. The number of thiophene rings is 1. The van der Waals surface area contributed by atoms with E-state index in [1.54, 1.807) is 17.4 Å². The van der Waals surface area contributed by atoms with Gasteiger partial charge in [0.25, 0.3) is 0 Å². The number of carbonyl (C=O) groups excluding carboxylic acids is 2. The Bertz CT molecular complexity index is 806. The summed E-state index contributed by atoms with van der Waals surface area (Å²) in [6.07, 6.45) is 0.0683. The van der Waals surface area contributed by atoms with Crippen molar-refractivity contribution in [1.82, 2.24) is 10.2 Å². The summed E-state index contributed by atoms with van der Waals surface area (Å²) in [6.45, 7) is 6.41. The van der Waals surface area contributed by atoms with E-state index < -0.39 is 11.7 Å². The minimum Gasteiger partial charge on any atom is -0.354 e. The van der Waals surface area contributed by atoms with E-state index >= 15 is 0 Å². The first-order chi connectivity index (χ1) is 13.0. The Hall–Kier alpha value is -2.25. The average molecular weight is 389 g/mol. The van der Waals surface area contributed by atoms with Crippen molar-refractivity contribution >= 4 is 28.8 Å². The van der Waals surface area contributed by atoms with E-state index in [0.717, 1.165) is 13.1 Å². The van der Waals surface area contributed by atoms with E-state index in [-0.39, 0.29) is 24.3 Å². The molecule has 0 aliphatic carbocycles. The van der Waals surface area contributed by atoms with Gasteiger partial charge in [-0.05, 0) is 53.2 Å². The molecule has 2 N–H and O–H groups in total. The number of hydrogen-bond donors (Lipinski definition) is 2. The summed E-state index contributed by atoms with van der Waals surface area (Å²) in [6, 6.07) is 6.32. The van der Waals surface area contributed by atoms with Gasteiger partial charge in [-0.3, -0.25) is 14.5 Å². The fourth-order valence-electron chi connectivity index (χ4n) is 3.58. The summed E-state index contributed by atoms with van der Waals surface area (Å²) in [4.78, 5) is 27.1. The molecule has 2 heterocycles. The monoisotopic (exact) mass is 389 g/mol. The normalized spacial score (nSPS) is 17.3. The number of rotatable bonds is 7. The first-order valence-corrected chi connectivity index (χ1v) is 10.1. The van der Waals surface area contributed by atoms with Gasteiger partial charge in [0.15, 0.2) is 0 Å². The predicted molar refractivity (Wildman–Crippen MR) is 105 cm³/mol. The third-order valence-corrected chi connectivity index (χ3v) is 5.72. The third-order valence-electron chi connectivity index (χ3n) is 5.02. The smallest absolute Gasteiger partial charge is 0.228 e. The highest BCUT2D eigenvalue weighted by Crippen LogP contribution is 2.33. The summed E-state index contributed by atoms with van der Waals surface area (Å²) in [5.74, 6) is -1.51. The van der Waals surface area contributed by atoms with E-state index in [1.807, 2.05) is 5.38 Å². The van der Waals surface area contributed by atoms with Gasteiger partial charge in [-0.15, -0.1) is 0 Å². The zero-order chi connectivity index (χ0) is 19.4. The quantitative estimate of drug-likeness (QED) is 0.762. The van der Waals surface area contributed by atoms with Crippen molar-refractivity contribution in [2.45, 2.75) is 32.2 Å². The largest absolute Gasteiger partial charge is 0.354 e. The molecule has 27 heavy (non-hydrogen) atoms. The Morgan fingerprint density at radius 3 is 2.81 bits per heavy atom. The molecule has 1 aromatic carbocycles. The Balaban J connectivity index is 1.76. The molecular formula is C20H24FN3O2S. The number of nitrogens with zero attached hydrogens (tertiary/aromatic N) is 1. The molecule has 5 nitrogen and oxygen atoms in total. The number of benzene rings is 1. The maximum atomic E-state index is 13.5. The number of amides is 2. The van der Waals surface area contributed by atoms with Crippen LogP contribution in [0.2, 0.25) is 0 Å². The van der Waals surface area contributed by atoms with Crippen LogP contribution in [0.4, 0.5) is 10.1 Å². The number of fused-ring (bicyclic) bond motifs is 1. The summed E-state index contributed by atoms with van der Waals surface area (Å²) in [5, 5.41) is 9.79. The second kappa shape index (κ2) is 8.63. The molecule has 7 heteroatoms. The molecule has 1 aromatic heterocycles. The summed E-state index contributed by atoms with van der Waals surface area (Å²) < 4.78 is 13.5. The Kier molecular flexibility index (Phi) is 6.23. The lowest BCUT2D eigenvalue weighted by molar-refractivity contribution is -0.126. The Morgan fingerprint density at radius 2 is 2.15 bits per heavy atom. The van der Waals surface area contributed by atoms with Crippen LogP contribution in [0, 0.1) is 5.82 Å². The summed E-state index contributed by atoms with van der Waals surface area (Å²) in [7, 11) is 0. The third kappa shape index (κ3) is 4.36. The van der Waals surface area contributed by atoms with Crippen LogP contribution >= 0.6 is 11.3 Å². The molecule has 0 radical (unpaired) electrons. The van der Waals surface area contributed by atoms with Gasteiger partial charge in [-0.1, -0.05) is 19.9 Å². The summed E-state index contributed by atoms with van der Waals surface area (Å²) in [5.41, 5.74) is 2.21. The standard InChI is InChI=1S/C20H24FN3O2S/c1-3-24(4-2)18(13-7-8-27-12-13)11-22-20(26)16-10-19(25)23-17-9-14(21)5-6-15(16)17/h5-9,12,16,18H,3-4,10-11H2,1-2H3,(H,22,26)(H,23,25). The maximum Gasteiger partial charge on any atom is 0.228 e. The number of nitrogens with one attached hydrogen (secondary N) is 2. The zero-order valence-electron chi connectivity index (χ0n) is 15.5. The lowest BCUT2D eigenvalue weighted by atomic mass is 9.89. The maximum absolute atomic E-state index is 13.5. The highest BCUT2D eigenvalue weighted by Gasteiger charge is 2.31. The van der Waals surface area contributed by atoms with Gasteiger partial charge in [0.2, 0.25) is 11.8 Å². The first-order valence-electron chi connectivity index (χ1n) is 9.16. The average Bonchev–Trinajstić information content (AvgIpc) is 3.18. The zero-order valence-corrected chi connectivity index (χ0v) is 16.3. The van der Waals surface area contributed by atoms with Crippen molar-refractivity contribution in [3.8, 4) is 0 Å². The fraction of sp³-hybridized carbons (Fsp3) is 0.400. The van der Waals surface area contributed by atoms with Crippen molar-refractivity contribution in [3.63, 3.8) is 0 Å². The van der Waals surface area contributed by atoms with Crippen LogP contribution < -0.4 is 10.6 Å². The van der Waals surface area contributed by atoms with Gasteiger partial charge < -0.3 is 10.6 Å². The molecule has 1 aliphatic heterocycles. The number of hydrogen-bond acceptors (Lipinski definition) is 4. The van der Waals surface area contributed by atoms with Crippen LogP contribution in [0.1, 0.15) is 43.4 Å². The van der Waals surface area contributed by atoms with Crippen molar-refractivity contribution in [2.75, 3.05) is 25.0 Å². The Labute approximate surface area is 162 Å². The second-order valence-electron chi connectivity index (χ2n) is 6.58. The number of likely N-dealkylation sites (N-methyl/N-ethyl adjacent to an activating group) is 1. The molecule has 1 aliphatic rings. The van der Waals surface area contributed by atoms with Crippen LogP contribution in [0.3, 0.4) is 0 Å². The van der Waals surface area contributed by atoms with Crippen molar-refractivity contribution in [3.05, 3.63) is 52.0 Å². The van der Waals surface area contributed by atoms with Crippen molar-refractivity contribution in [2.24, 2.45) is 0 Å². The topological polar surface area (TPSA) is 61.4 Å². The molecule has 2 aromatic rings. The van der Waals surface area contributed by atoms with Gasteiger partial charge in [-0.2, -0.15) is 11.3 Å². The van der Waals surface area contributed by atoms with E-state index in [2.05, 4.69) is 40.8 Å². The minimum atomic E-state index is -0.603. The summed E-state index contributed by atoms with van der Waals surface area (Å²) >= 11 is 1.63. The lowest BCUT2D eigenvalue weighted by Gasteiger charge is -2.31. The van der Waals surface area contributed by atoms with Crippen LogP contribution in [-0.4, -0.2) is 36.3 Å². The highest BCUT2D eigenvalue weighted by molar-refractivity contribution is 7.07. The van der Waals surface area contributed by atoms with E-state index in [0.29, 0.717) is 17.8 Å². The molecule has 2 atom stereocenters. The Morgan fingerprint density at radius 1 is 1.37 bits per heavy atom. The highest BCUT2D eigenvalue weighted by atomic mass is 32.1. The lowest BCUT2D eigenvalue weighted by Crippen LogP contribution is -2.41. The fourth-order valence-corrected chi connectivity index (χ4v) is 4.29. The van der Waals surface area contributed by atoms with Crippen LogP contribution in [-0.2, 0) is 9.59 Å². The van der Waals surface area contributed by atoms with Gasteiger partial charge in [-0.25, -0.2) is 4.39 Å². The van der Waals surface area contributed by atoms with E-state index in [1.165, 1.54) is 17.7 Å². The van der Waals surface area contributed by atoms with Crippen LogP contribution in [0.15, 0.2) is 35.0 Å². The molecule has 0 fully saturated rings. The molecule has 0 saturated heterocycles. The van der Waals surface area contributed by atoms with Gasteiger partial charge >= 0.3 is 0 Å². The van der Waals surface area contributed by atoms with Crippen molar-refractivity contribution < 1.29 is 14.0 Å². The van der Waals surface area contributed by atoms with Crippen LogP contribution in [0.5, 0.6) is 0 Å². The van der Waals surface area contributed by atoms with E-state index in [9.17, 15) is 14.0 Å². The van der Waals surface area contributed by atoms with E-state index in [4.69, 9.17) is 0 Å². The van der Waals surface area contributed by atoms with Gasteiger partial charge in [0, 0.05) is 18.7 Å². The van der Waals surface area contributed by atoms with Gasteiger partial charge in [0.05, 0.1) is 12.0 Å². The molecular weight excluding hydrogens is 365 g/mol. The molecule has 144 valence electrons. The SMILES string of the molecule is CCN(CC)C(CNC(=O)C1CC(=O)Nc2cc(F)ccc21)c1ccsc1. The molecule has 0 saturated carbocycles. The molecule has 0 spiro atoms. The molecule has 2 amide bonds. The minimum absolute atomic E-state index is 0.0683. The molecule has 0 bridgehead atoms. The second-order valence-corrected chi connectivity index (χ2v) is 7.36. The van der Waals surface area contributed by atoms with Crippen LogP contribution in [0.25, 0.3) is 0 Å². The molecule has 3 rings (SSSR count). The molecule has 2 unspecified atom stereocenters.